The van der Waals surface area contributed by atoms with E-state index in [0.717, 1.165) is 0 Å². The normalized spacial score (nSPS) is 10.4. The van der Waals surface area contributed by atoms with Crippen LogP contribution in [0, 0.1) is 0 Å². The van der Waals surface area contributed by atoms with E-state index in [0.29, 0.717) is 41.7 Å². The van der Waals surface area contributed by atoms with Crippen molar-refractivity contribution in [3.05, 3.63) is 28.8 Å². The number of aliphatic hydroxyl groups excluding tert-OH is 1. The smallest absolute Gasteiger partial charge is 0.252 e. The van der Waals surface area contributed by atoms with Crippen LogP contribution in [0.5, 0.6) is 0 Å². The molecule has 1 aromatic rings. The van der Waals surface area contributed by atoms with Crippen molar-refractivity contribution in [2.24, 2.45) is 0 Å². The monoisotopic (exact) mass is 289 g/mol. The zero-order valence-corrected chi connectivity index (χ0v) is 11.5. The maximum atomic E-state index is 11.8. The standard InChI is InChI=1S/C12H16ClNO3S/c13-11-3-2-9(18)8-10(11)12(16)14-4-1-6-17-7-5-15/h2-3,8,15,18H,1,4-7H2,(H,14,16). The highest BCUT2D eigenvalue weighted by atomic mass is 35.5. The Balaban J connectivity index is 2.34. The predicted octanol–water partition coefficient (Wildman–Crippen LogP) is 1.76. The molecule has 4 nitrogen and oxygen atoms in total. The third kappa shape index (κ3) is 5.27. The van der Waals surface area contributed by atoms with Gasteiger partial charge in [0.25, 0.3) is 5.91 Å². The fourth-order valence-electron chi connectivity index (χ4n) is 1.33. The number of halogens is 1. The molecule has 0 unspecified atom stereocenters. The summed E-state index contributed by atoms with van der Waals surface area (Å²) in [5.74, 6) is -0.224. The molecule has 0 bridgehead atoms. The van der Waals surface area contributed by atoms with Crippen LogP contribution in [0.15, 0.2) is 23.1 Å². The van der Waals surface area contributed by atoms with Crippen LogP contribution in [0.3, 0.4) is 0 Å². The summed E-state index contributed by atoms with van der Waals surface area (Å²) in [6, 6.07) is 5.00. The van der Waals surface area contributed by atoms with Crippen molar-refractivity contribution in [3.63, 3.8) is 0 Å². The van der Waals surface area contributed by atoms with Crippen LogP contribution < -0.4 is 5.32 Å². The average Bonchev–Trinajstić information content (AvgIpc) is 2.36. The van der Waals surface area contributed by atoms with Crippen LogP contribution >= 0.6 is 24.2 Å². The first-order valence-electron chi connectivity index (χ1n) is 5.60. The summed E-state index contributed by atoms with van der Waals surface area (Å²) in [7, 11) is 0. The maximum absolute atomic E-state index is 11.8. The van der Waals surface area contributed by atoms with Crippen molar-refractivity contribution in [1.29, 1.82) is 0 Å². The van der Waals surface area contributed by atoms with Crippen LogP contribution in [0.1, 0.15) is 16.8 Å². The summed E-state index contributed by atoms with van der Waals surface area (Å²) in [5, 5.41) is 11.6. The van der Waals surface area contributed by atoms with E-state index in [1.807, 2.05) is 0 Å². The third-order valence-corrected chi connectivity index (χ3v) is 2.79. The van der Waals surface area contributed by atoms with Gasteiger partial charge in [-0.15, -0.1) is 12.6 Å². The van der Waals surface area contributed by atoms with Crippen LogP contribution in [0.4, 0.5) is 0 Å². The van der Waals surface area contributed by atoms with E-state index < -0.39 is 0 Å². The fourth-order valence-corrected chi connectivity index (χ4v) is 1.73. The number of ether oxygens (including phenoxy) is 1. The zero-order valence-electron chi connectivity index (χ0n) is 9.86. The second-order valence-corrected chi connectivity index (χ2v) is 4.53. The van der Waals surface area contributed by atoms with E-state index in [1.165, 1.54) is 0 Å². The molecule has 0 heterocycles. The molecule has 0 aromatic heterocycles. The number of hydrogen-bond acceptors (Lipinski definition) is 4. The highest BCUT2D eigenvalue weighted by molar-refractivity contribution is 7.80. The molecular formula is C12H16ClNO3S. The van der Waals surface area contributed by atoms with Crippen LogP contribution in [-0.2, 0) is 4.74 Å². The average molecular weight is 290 g/mol. The van der Waals surface area contributed by atoms with Gasteiger partial charge in [-0.3, -0.25) is 4.79 Å². The van der Waals surface area contributed by atoms with Gasteiger partial charge in [0.05, 0.1) is 23.8 Å². The van der Waals surface area contributed by atoms with E-state index in [9.17, 15) is 4.79 Å². The van der Waals surface area contributed by atoms with Gasteiger partial charge >= 0.3 is 0 Å². The van der Waals surface area contributed by atoms with Crippen LogP contribution in [-0.4, -0.2) is 37.4 Å². The molecule has 100 valence electrons. The Bertz CT molecular complexity index is 401. The minimum absolute atomic E-state index is 0.0106. The first-order valence-corrected chi connectivity index (χ1v) is 6.43. The molecule has 0 radical (unpaired) electrons. The first kappa shape index (κ1) is 15.3. The second kappa shape index (κ2) is 8.37. The van der Waals surface area contributed by atoms with Gasteiger partial charge in [0.2, 0.25) is 0 Å². The molecule has 2 N–H and O–H groups in total. The number of nitrogens with one attached hydrogen (secondary N) is 1. The van der Waals surface area contributed by atoms with Crippen molar-refractivity contribution in [2.45, 2.75) is 11.3 Å². The number of aliphatic hydroxyl groups is 1. The molecule has 0 aliphatic heterocycles. The van der Waals surface area contributed by atoms with Crippen molar-refractivity contribution in [1.82, 2.24) is 5.32 Å². The summed E-state index contributed by atoms with van der Waals surface area (Å²) < 4.78 is 5.07. The Morgan fingerprint density at radius 1 is 1.44 bits per heavy atom. The van der Waals surface area contributed by atoms with E-state index >= 15 is 0 Å². The molecule has 0 aliphatic carbocycles. The summed E-state index contributed by atoms with van der Waals surface area (Å²) in [4.78, 5) is 12.5. The molecule has 0 aliphatic rings. The van der Waals surface area contributed by atoms with Gasteiger partial charge in [-0.05, 0) is 24.6 Å². The Hall–Kier alpha value is -0.750. The van der Waals surface area contributed by atoms with Crippen molar-refractivity contribution in [2.75, 3.05) is 26.4 Å². The van der Waals surface area contributed by atoms with E-state index in [2.05, 4.69) is 17.9 Å². The molecule has 1 aromatic carbocycles. The maximum Gasteiger partial charge on any atom is 0.252 e. The quantitative estimate of drug-likeness (QED) is 0.529. The van der Waals surface area contributed by atoms with Gasteiger partial charge in [-0.1, -0.05) is 11.6 Å². The molecule has 0 saturated carbocycles. The first-order chi connectivity index (χ1) is 8.65. The second-order valence-electron chi connectivity index (χ2n) is 3.61. The van der Waals surface area contributed by atoms with Crippen molar-refractivity contribution < 1.29 is 14.6 Å². The lowest BCUT2D eigenvalue weighted by atomic mass is 10.2. The minimum Gasteiger partial charge on any atom is -0.394 e. The van der Waals surface area contributed by atoms with Gasteiger partial charge < -0.3 is 15.2 Å². The largest absolute Gasteiger partial charge is 0.394 e. The number of benzene rings is 1. The van der Waals surface area contributed by atoms with Gasteiger partial charge in [0.1, 0.15) is 0 Å². The lowest BCUT2D eigenvalue weighted by molar-refractivity contribution is 0.0867. The summed E-state index contributed by atoms with van der Waals surface area (Å²) in [6.45, 7) is 1.33. The van der Waals surface area contributed by atoms with Gasteiger partial charge in [0.15, 0.2) is 0 Å². The number of amides is 1. The molecule has 0 atom stereocenters. The van der Waals surface area contributed by atoms with Crippen LogP contribution in [0.25, 0.3) is 0 Å². The summed E-state index contributed by atoms with van der Waals surface area (Å²) in [5.41, 5.74) is 0.417. The summed E-state index contributed by atoms with van der Waals surface area (Å²) in [6.07, 6.45) is 0.684. The highest BCUT2D eigenvalue weighted by Gasteiger charge is 2.09. The lowest BCUT2D eigenvalue weighted by Crippen LogP contribution is -2.25. The molecule has 0 fully saturated rings. The van der Waals surface area contributed by atoms with Crippen molar-refractivity contribution in [3.8, 4) is 0 Å². The number of carbonyl (C=O) groups excluding carboxylic acids is 1. The van der Waals surface area contributed by atoms with E-state index in [1.54, 1.807) is 18.2 Å². The highest BCUT2D eigenvalue weighted by Crippen LogP contribution is 2.19. The fraction of sp³-hybridized carbons (Fsp3) is 0.417. The third-order valence-electron chi connectivity index (χ3n) is 2.18. The summed E-state index contributed by atoms with van der Waals surface area (Å²) >= 11 is 10.1. The molecule has 1 rings (SSSR count). The van der Waals surface area contributed by atoms with Gasteiger partial charge in [-0.2, -0.15) is 0 Å². The molecule has 0 spiro atoms. The molecule has 6 heteroatoms. The molecule has 18 heavy (non-hydrogen) atoms. The Labute approximate surface area is 117 Å². The number of hydrogen-bond donors (Lipinski definition) is 3. The molecule has 1 amide bonds. The van der Waals surface area contributed by atoms with Crippen LogP contribution in [0.2, 0.25) is 5.02 Å². The number of thiol groups is 1. The topological polar surface area (TPSA) is 58.6 Å². The van der Waals surface area contributed by atoms with Gasteiger partial charge in [0, 0.05) is 18.0 Å². The predicted molar refractivity (Wildman–Crippen MR) is 73.6 cm³/mol. The Kier molecular flexibility index (Phi) is 7.12. The van der Waals surface area contributed by atoms with Gasteiger partial charge in [-0.25, -0.2) is 0 Å². The Morgan fingerprint density at radius 2 is 2.22 bits per heavy atom. The van der Waals surface area contributed by atoms with E-state index in [-0.39, 0.29) is 12.5 Å². The number of carbonyl (C=O) groups is 1. The van der Waals surface area contributed by atoms with Crippen molar-refractivity contribution >= 4 is 30.1 Å². The Morgan fingerprint density at radius 3 is 2.94 bits per heavy atom. The SMILES string of the molecule is O=C(NCCCOCCO)c1cc(S)ccc1Cl. The zero-order chi connectivity index (χ0) is 13.4. The van der Waals surface area contributed by atoms with E-state index in [4.69, 9.17) is 21.4 Å². The lowest BCUT2D eigenvalue weighted by Gasteiger charge is -2.07. The molecule has 0 saturated heterocycles. The molecular weight excluding hydrogens is 274 g/mol. The minimum atomic E-state index is -0.224. The number of rotatable bonds is 7.